The minimum atomic E-state index is -0.0654. The van der Waals surface area contributed by atoms with Gasteiger partial charge in [0.2, 0.25) is 0 Å². The summed E-state index contributed by atoms with van der Waals surface area (Å²) in [5.41, 5.74) is 7.87. The Labute approximate surface area is 116 Å². The van der Waals surface area contributed by atoms with Gasteiger partial charge in [-0.1, -0.05) is 0 Å². The van der Waals surface area contributed by atoms with Crippen LogP contribution in [0.15, 0.2) is 41.7 Å². The Kier molecular flexibility index (Phi) is 3.39. The number of hydrogen-bond acceptors (Lipinski definition) is 4. The lowest BCUT2D eigenvalue weighted by atomic mass is 9.91. The number of imidazole rings is 1. The van der Waals surface area contributed by atoms with Crippen molar-refractivity contribution in [1.29, 1.82) is 0 Å². The smallest absolute Gasteiger partial charge is 0.252 e. The van der Waals surface area contributed by atoms with Crippen LogP contribution in [0.4, 0.5) is 0 Å². The van der Waals surface area contributed by atoms with E-state index in [4.69, 9.17) is 10.5 Å². The largest absolute Gasteiger partial charge is 0.493 e. The third kappa shape index (κ3) is 2.37. The summed E-state index contributed by atoms with van der Waals surface area (Å²) in [4.78, 5) is 19.0. The van der Waals surface area contributed by atoms with Gasteiger partial charge in [-0.2, -0.15) is 0 Å². The number of allylic oxidation sites excluding steroid dienone is 3. The molecule has 4 N–H and O–H groups in total. The van der Waals surface area contributed by atoms with E-state index in [1.807, 2.05) is 18.2 Å². The van der Waals surface area contributed by atoms with Gasteiger partial charge in [-0.15, -0.1) is 0 Å². The average molecular weight is 272 g/mol. The van der Waals surface area contributed by atoms with E-state index in [-0.39, 0.29) is 11.8 Å². The number of H-pyrrole nitrogens is 1. The lowest BCUT2D eigenvalue weighted by molar-refractivity contribution is -0.115. The van der Waals surface area contributed by atoms with E-state index >= 15 is 0 Å². The molecule has 1 aromatic heterocycles. The number of carbonyl (C=O) groups is 1. The Hall–Kier alpha value is -2.34. The highest BCUT2D eigenvalue weighted by molar-refractivity contribution is 6.03. The van der Waals surface area contributed by atoms with Gasteiger partial charge in [0.15, 0.2) is 0 Å². The van der Waals surface area contributed by atoms with Crippen LogP contribution < -0.4 is 11.1 Å². The highest BCUT2D eigenvalue weighted by Gasteiger charge is 2.34. The third-order valence-corrected chi connectivity index (χ3v) is 3.34. The Bertz CT molecular complexity index is 599. The number of ether oxygens (including phenoxy) is 1. The molecular formula is C14H16N4O2. The van der Waals surface area contributed by atoms with E-state index in [1.54, 1.807) is 12.5 Å². The molecule has 1 saturated heterocycles. The van der Waals surface area contributed by atoms with Gasteiger partial charge in [-0.25, -0.2) is 4.98 Å². The standard InChI is InChI=1S/C14H16N4O2/c15-3-4-20-10-1-2-11-12(5-9-7-16-8-17-9)14(19)18-13(11)6-10/h1,5-8,11H,2-4,15H2,(H,16,17)(H,18,19). The van der Waals surface area contributed by atoms with Crippen molar-refractivity contribution in [3.63, 3.8) is 0 Å². The molecule has 1 aromatic rings. The summed E-state index contributed by atoms with van der Waals surface area (Å²) >= 11 is 0. The second kappa shape index (κ2) is 5.34. The summed E-state index contributed by atoms with van der Waals surface area (Å²) in [5.74, 6) is 0.769. The van der Waals surface area contributed by atoms with Crippen LogP contribution in [0.5, 0.6) is 0 Å². The first kappa shape index (κ1) is 12.7. The summed E-state index contributed by atoms with van der Waals surface area (Å²) in [6, 6.07) is 0. The second-order valence-corrected chi connectivity index (χ2v) is 4.69. The summed E-state index contributed by atoms with van der Waals surface area (Å²) in [5, 5.41) is 2.89. The fraction of sp³-hybridized carbons (Fsp3) is 0.286. The number of nitrogens with zero attached hydrogens (tertiary/aromatic N) is 1. The van der Waals surface area contributed by atoms with Gasteiger partial charge >= 0.3 is 0 Å². The number of carbonyl (C=O) groups excluding carboxylic acids is 1. The van der Waals surface area contributed by atoms with Crippen molar-refractivity contribution in [2.75, 3.05) is 13.2 Å². The third-order valence-electron chi connectivity index (χ3n) is 3.34. The van der Waals surface area contributed by atoms with Gasteiger partial charge in [0.25, 0.3) is 5.91 Å². The fourth-order valence-corrected chi connectivity index (χ4v) is 2.41. The summed E-state index contributed by atoms with van der Waals surface area (Å²) in [6.07, 6.45) is 9.73. The molecule has 20 heavy (non-hydrogen) atoms. The van der Waals surface area contributed by atoms with Crippen LogP contribution >= 0.6 is 0 Å². The van der Waals surface area contributed by atoms with Crippen molar-refractivity contribution in [1.82, 2.24) is 15.3 Å². The number of rotatable bonds is 4. The second-order valence-electron chi connectivity index (χ2n) is 4.69. The van der Waals surface area contributed by atoms with Gasteiger partial charge in [-0.3, -0.25) is 4.79 Å². The van der Waals surface area contributed by atoms with Crippen molar-refractivity contribution in [3.8, 4) is 0 Å². The Morgan fingerprint density at radius 1 is 1.55 bits per heavy atom. The molecule has 0 spiro atoms. The maximum Gasteiger partial charge on any atom is 0.252 e. The van der Waals surface area contributed by atoms with Gasteiger partial charge in [-0.05, 0) is 24.6 Å². The minimum Gasteiger partial charge on any atom is -0.493 e. The molecule has 2 heterocycles. The van der Waals surface area contributed by atoms with E-state index in [1.165, 1.54) is 0 Å². The number of hydrogen-bond donors (Lipinski definition) is 3. The van der Waals surface area contributed by atoms with Crippen LogP contribution in [-0.2, 0) is 9.53 Å². The molecule has 1 unspecified atom stereocenters. The molecule has 6 nitrogen and oxygen atoms in total. The zero-order valence-corrected chi connectivity index (χ0v) is 10.9. The molecular weight excluding hydrogens is 256 g/mol. The van der Waals surface area contributed by atoms with E-state index in [0.29, 0.717) is 13.2 Å². The summed E-state index contributed by atoms with van der Waals surface area (Å²) < 4.78 is 5.49. The van der Waals surface area contributed by atoms with Gasteiger partial charge in [0, 0.05) is 23.7 Å². The van der Waals surface area contributed by atoms with E-state index in [9.17, 15) is 4.79 Å². The molecule has 104 valence electrons. The van der Waals surface area contributed by atoms with Crippen molar-refractivity contribution in [2.45, 2.75) is 6.42 Å². The van der Waals surface area contributed by atoms with E-state index in [2.05, 4.69) is 15.3 Å². The topological polar surface area (TPSA) is 93.0 Å². The molecule has 0 aromatic carbocycles. The molecule has 0 bridgehead atoms. The molecule has 0 saturated carbocycles. The first-order chi connectivity index (χ1) is 9.78. The zero-order valence-electron chi connectivity index (χ0n) is 10.9. The molecule has 1 aliphatic carbocycles. The van der Waals surface area contributed by atoms with Crippen LogP contribution in [0.2, 0.25) is 0 Å². The van der Waals surface area contributed by atoms with Crippen molar-refractivity contribution >= 4 is 12.0 Å². The number of aromatic nitrogens is 2. The fourth-order valence-electron chi connectivity index (χ4n) is 2.41. The Morgan fingerprint density at radius 3 is 3.20 bits per heavy atom. The van der Waals surface area contributed by atoms with E-state index in [0.717, 1.165) is 29.1 Å². The van der Waals surface area contributed by atoms with Crippen LogP contribution in [0.1, 0.15) is 12.1 Å². The first-order valence-corrected chi connectivity index (χ1v) is 6.54. The number of nitrogens with one attached hydrogen (secondary N) is 2. The van der Waals surface area contributed by atoms with Crippen molar-refractivity contribution in [2.24, 2.45) is 11.7 Å². The number of fused-ring (bicyclic) bond motifs is 1. The highest BCUT2D eigenvalue weighted by Crippen LogP contribution is 2.34. The van der Waals surface area contributed by atoms with Gasteiger partial charge < -0.3 is 20.8 Å². The molecule has 1 fully saturated rings. The molecule has 0 radical (unpaired) electrons. The number of amides is 1. The van der Waals surface area contributed by atoms with E-state index < -0.39 is 0 Å². The predicted molar refractivity (Wildman–Crippen MR) is 74.0 cm³/mol. The van der Waals surface area contributed by atoms with Crippen molar-refractivity contribution in [3.05, 3.63) is 47.4 Å². The molecule has 1 aliphatic heterocycles. The Morgan fingerprint density at radius 2 is 2.45 bits per heavy atom. The number of nitrogens with two attached hydrogens (primary N) is 1. The number of aromatic amines is 1. The quantitative estimate of drug-likeness (QED) is 0.703. The van der Waals surface area contributed by atoms with Gasteiger partial charge in [0.05, 0.1) is 18.2 Å². The van der Waals surface area contributed by atoms with Crippen LogP contribution in [-0.4, -0.2) is 29.0 Å². The highest BCUT2D eigenvalue weighted by atomic mass is 16.5. The SMILES string of the molecule is NCCOC1=CCC2C(=C1)NC(=O)C2=Cc1cnc[nH]1. The zero-order chi connectivity index (χ0) is 13.9. The maximum absolute atomic E-state index is 12.0. The Balaban J connectivity index is 1.81. The first-order valence-electron chi connectivity index (χ1n) is 6.54. The molecule has 6 heteroatoms. The normalized spacial score (nSPS) is 23.1. The molecule has 1 amide bonds. The van der Waals surface area contributed by atoms with Crippen LogP contribution in [0.25, 0.3) is 6.08 Å². The molecule has 1 atom stereocenters. The average Bonchev–Trinajstić information content (AvgIpc) is 3.05. The maximum atomic E-state index is 12.0. The summed E-state index contributed by atoms with van der Waals surface area (Å²) in [7, 11) is 0. The molecule has 2 aliphatic rings. The minimum absolute atomic E-state index is 0.0654. The van der Waals surface area contributed by atoms with Gasteiger partial charge in [0.1, 0.15) is 12.4 Å². The lowest BCUT2D eigenvalue weighted by Gasteiger charge is -2.17. The van der Waals surface area contributed by atoms with Crippen LogP contribution in [0.3, 0.4) is 0 Å². The van der Waals surface area contributed by atoms with Crippen LogP contribution in [0, 0.1) is 5.92 Å². The summed E-state index contributed by atoms with van der Waals surface area (Å²) in [6.45, 7) is 0.951. The lowest BCUT2D eigenvalue weighted by Crippen LogP contribution is -2.15. The molecule has 3 rings (SSSR count). The predicted octanol–water partition coefficient (Wildman–Crippen LogP) is 0.686. The monoisotopic (exact) mass is 272 g/mol. The van der Waals surface area contributed by atoms with Crippen molar-refractivity contribution < 1.29 is 9.53 Å².